The number of hydrogen-bond donors (Lipinski definition) is 2. The molecule has 1 aliphatic rings. The third-order valence-corrected chi connectivity index (χ3v) is 6.33. The first kappa shape index (κ1) is 21.7. The molecule has 1 aromatic rings. The fraction of sp³-hybridized carbons (Fsp3) is 0.632. The maximum absolute atomic E-state index is 12.4. The molecular weight excluding hydrogens is 364 g/mol. The van der Waals surface area contributed by atoms with Gasteiger partial charge in [-0.25, -0.2) is 8.42 Å². The number of nitrogens with zero attached hydrogens (tertiary/aromatic N) is 2. The molecule has 1 aromatic carbocycles. The summed E-state index contributed by atoms with van der Waals surface area (Å²) in [7, 11) is -3.30. The van der Waals surface area contributed by atoms with Crippen LogP contribution in [0.1, 0.15) is 20.8 Å². The van der Waals surface area contributed by atoms with Gasteiger partial charge in [0.15, 0.2) is 15.8 Å². The van der Waals surface area contributed by atoms with Gasteiger partial charge in [-0.05, 0) is 32.9 Å². The number of morpholine rings is 1. The van der Waals surface area contributed by atoms with E-state index in [9.17, 15) is 8.42 Å². The van der Waals surface area contributed by atoms with Gasteiger partial charge in [-0.1, -0.05) is 18.2 Å². The third kappa shape index (κ3) is 6.79. The van der Waals surface area contributed by atoms with E-state index in [2.05, 4.69) is 34.4 Å². The normalized spacial score (nSPS) is 16.9. The Morgan fingerprint density at radius 1 is 1.19 bits per heavy atom. The fourth-order valence-electron chi connectivity index (χ4n) is 2.93. The van der Waals surface area contributed by atoms with Crippen molar-refractivity contribution in [2.24, 2.45) is 4.99 Å². The zero-order valence-corrected chi connectivity index (χ0v) is 17.4. The lowest BCUT2D eigenvalue weighted by Crippen LogP contribution is -2.52. The lowest BCUT2D eigenvalue weighted by atomic mass is 10.0. The first-order valence-electron chi connectivity index (χ1n) is 9.48. The van der Waals surface area contributed by atoms with Crippen LogP contribution in [0.3, 0.4) is 0 Å². The van der Waals surface area contributed by atoms with Gasteiger partial charge in [0, 0.05) is 31.7 Å². The van der Waals surface area contributed by atoms with Crippen molar-refractivity contribution < 1.29 is 13.2 Å². The first-order chi connectivity index (χ1) is 12.8. The van der Waals surface area contributed by atoms with Crippen LogP contribution < -0.4 is 10.6 Å². The van der Waals surface area contributed by atoms with Gasteiger partial charge < -0.3 is 15.4 Å². The molecule has 152 valence electrons. The monoisotopic (exact) mass is 396 g/mol. The van der Waals surface area contributed by atoms with Crippen LogP contribution in [0.5, 0.6) is 0 Å². The zero-order chi connectivity index (χ0) is 19.8. The van der Waals surface area contributed by atoms with Crippen molar-refractivity contribution in [3.63, 3.8) is 0 Å². The van der Waals surface area contributed by atoms with Crippen molar-refractivity contribution in [1.29, 1.82) is 0 Å². The molecule has 1 heterocycles. The molecule has 27 heavy (non-hydrogen) atoms. The Labute approximate surface area is 163 Å². The van der Waals surface area contributed by atoms with Crippen molar-refractivity contribution in [2.45, 2.75) is 31.2 Å². The smallest absolute Gasteiger partial charge is 0.191 e. The van der Waals surface area contributed by atoms with Crippen molar-refractivity contribution in [3.05, 3.63) is 30.3 Å². The van der Waals surface area contributed by atoms with Crippen LogP contribution in [0.4, 0.5) is 0 Å². The second-order valence-electron chi connectivity index (χ2n) is 7.17. The maximum atomic E-state index is 12.4. The minimum Gasteiger partial charge on any atom is -0.379 e. The SMILES string of the molecule is CCNC(=NCC(C)(C)N1CCOCC1)NCCS(=O)(=O)c1ccccc1. The molecule has 0 bridgehead atoms. The third-order valence-electron chi connectivity index (χ3n) is 4.60. The van der Waals surface area contributed by atoms with Crippen molar-refractivity contribution in [2.75, 3.05) is 51.7 Å². The molecule has 8 heteroatoms. The van der Waals surface area contributed by atoms with Gasteiger partial charge in [0.2, 0.25) is 0 Å². The largest absolute Gasteiger partial charge is 0.379 e. The Morgan fingerprint density at radius 3 is 2.48 bits per heavy atom. The number of ether oxygens (including phenoxy) is 1. The molecule has 1 aliphatic heterocycles. The standard InChI is InChI=1S/C19H32N4O3S/c1-4-20-18(22-16-19(2,3)23-11-13-26-14-12-23)21-10-15-27(24,25)17-8-6-5-7-9-17/h5-9H,4,10-16H2,1-3H3,(H2,20,21,22). The molecule has 1 saturated heterocycles. The maximum Gasteiger partial charge on any atom is 0.191 e. The summed E-state index contributed by atoms with van der Waals surface area (Å²) in [5.74, 6) is 0.663. The van der Waals surface area contributed by atoms with Crippen LogP contribution in [0.25, 0.3) is 0 Å². The molecular formula is C19H32N4O3S. The van der Waals surface area contributed by atoms with E-state index in [0.29, 0.717) is 23.9 Å². The average Bonchev–Trinajstić information content (AvgIpc) is 2.67. The van der Waals surface area contributed by atoms with Crippen LogP contribution >= 0.6 is 0 Å². The van der Waals surface area contributed by atoms with Gasteiger partial charge in [0.05, 0.1) is 30.4 Å². The minimum absolute atomic E-state index is 0.0221. The van der Waals surface area contributed by atoms with E-state index < -0.39 is 9.84 Å². The van der Waals surface area contributed by atoms with Gasteiger partial charge in [0.1, 0.15) is 0 Å². The van der Waals surface area contributed by atoms with Crippen molar-refractivity contribution >= 4 is 15.8 Å². The highest BCUT2D eigenvalue weighted by atomic mass is 32.2. The molecule has 1 fully saturated rings. The topological polar surface area (TPSA) is 83.0 Å². The summed E-state index contributed by atoms with van der Waals surface area (Å²) in [6, 6.07) is 8.53. The predicted octanol–water partition coefficient (Wildman–Crippen LogP) is 1.13. The van der Waals surface area contributed by atoms with E-state index >= 15 is 0 Å². The second kappa shape index (κ2) is 10.1. The summed E-state index contributed by atoms with van der Waals surface area (Å²) < 4.78 is 30.2. The molecule has 0 unspecified atom stereocenters. The van der Waals surface area contributed by atoms with E-state index in [-0.39, 0.29) is 11.3 Å². The highest BCUT2D eigenvalue weighted by molar-refractivity contribution is 7.91. The number of nitrogens with one attached hydrogen (secondary N) is 2. The van der Waals surface area contributed by atoms with E-state index in [0.717, 1.165) is 32.8 Å². The Kier molecular flexibility index (Phi) is 8.07. The Morgan fingerprint density at radius 2 is 1.85 bits per heavy atom. The van der Waals surface area contributed by atoms with Gasteiger partial charge in [0.25, 0.3) is 0 Å². The number of guanidine groups is 1. The van der Waals surface area contributed by atoms with E-state index in [1.165, 1.54) is 0 Å². The van der Waals surface area contributed by atoms with Gasteiger partial charge in [-0.15, -0.1) is 0 Å². The molecule has 0 radical (unpaired) electrons. The highest BCUT2D eigenvalue weighted by Crippen LogP contribution is 2.16. The van der Waals surface area contributed by atoms with Gasteiger partial charge in [-0.2, -0.15) is 0 Å². The van der Waals surface area contributed by atoms with E-state index in [4.69, 9.17) is 4.74 Å². The van der Waals surface area contributed by atoms with Crippen molar-refractivity contribution in [3.8, 4) is 0 Å². The molecule has 0 aliphatic carbocycles. The average molecular weight is 397 g/mol. The highest BCUT2D eigenvalue weighted by Gasteiger charge is 2.28. The lowest BCUT2D eigenvalue weighted by molar-refractivity contribution is -0.00683. The van der Waals surface area contributed by atoms with Crippen LogP contribution in [0.15, 0.2) is 40.2 Å². The van der Waals surface area contributed by atoms with Crippen LogP contribution in [-0.4, -0.2) is 76.5 Å². The Hall–Kier alpha value is -1.64. The zero-order valence-electron chi connectivity index (χ0n) is 16.6. The Balaban J connectivity index is 1.91. The Bertz CT molecular complexity index is 699. The molecule has 7 nitrogen and oxygen atoms in total. The summed E-state index contributed by atoms with van der Waals surface area (Å²) in [5.41, 5.74) is -0.0811. The first-order valence-corrected chi connectivity index (χ1v) is 11.1. The summed E-state index contributed by atoms with van der Waals surface area (Å²) in [6.07, 6.45) is 0. The summed E-state index contributed by atoms with van der Waals surface area (Å²) in [4.78, 5) is 7.40. The molecule has 0 spiro atoms. The van der Waals surface area contributed by atoms with E-state index in [1.54, 1.807) is 24.3 Å². The summed E-state index contributed by atoms with van der Waals surface area (Å²) >= 11 is 0. The van der Waals surface area contributed by atoms with Crippen LogP contribution in [0.2, 0.25) is 0 Å². The molecule has 2 rings (SSSR count). The molecule has 0 aromatic heterocycles. The van der Waals surface area contributed by atoms with E-state index in [1.807, 2.05) is 13.0 Å². The van der Waals surface area contributed by atoms with Crippen molar-refractivity contribution in [1.82, 2.24) is 15.5 Å². The fourth-order valence-corrected chi connectivity index (χ4v) is 4.11. The predicted molar refractivity (Wildman–Crippen MR) is 109 cm³/mol. The number of hydrogen-bond acceptors (Lipinski definition) is 5. The number of aliphatic imine (C=N–C) groups is 1. The minimum atomic E-state index is -3.30. The van der Waals surface area contributed by atoms with Crippen LogP contribution in [0, 0.1) is 0 Å². The molecule has 0 saturated carbocycles. The summed E-state index contributed by atoms with van der Waals surface area (Å²) in [6.45, 7) is 11.3. The van der Waals surface area contributed by atoms with Crippen LogP contribution in [-0.2, 0) is 14.6 Å². The summed E-state index contributed by atoms with van der Waals surface area (Å²) in [5, 5.41) is 6.32. The van der Waals surface area contributed by atoms with Gasteiger partial charge >= 0.3 is 0 Å². The molecule has 2 N–H and O–H groups in total. The van der Waals surface area contributed by atoms with Gasteiger partial charge in [-0.3, -0.25) is 9.89 Å². The lowest BCUT2D eigenvalue weighted by Gasteiger charge is -2.39. The number of rotatable bonds is 8. The molecule has 0 amide bonds. The number of benzene rings is 1. The molecule has 0 atom stereocenters. The quantitative estimate of drug-likeness (QED) is 0.506. The number of sulfone groups is 1. The second-order valence-corrected chi connectivity index (χ2v) is 9.27.